The van der Waals surface area contributed by atoms with Crippen molar-refractivity contribution in [3.05, 3.63) is 35.9 Å². The first kappa shape index (κ1) is 16.6. The highest BCUT2D eigenvalue weighted by Crippen LogP contribution is 2.19. The normalized spacial score (nSPS) is 14.3. The van der Waals surface area contributed by atoms with Crippen molar-refractivity contribution in [2.75, 3.05) is 25.5 Å². The van der Waals surface area contributed by atoms with Crippen LogP contribution in [0, 0.1) is 0 Å². The lowest BCUT2D eigenvalue weighted by Gasteiger charge is -2.13. The molecule has 1 amide bonds. The highest BCUT2D eigenvalue weighted by Gasteiger charge is 2.05. The summed E-state index contributed by atoms with van der Waals surface area (Å²) in [7, 11) is 1.62. The van der Waals surface area contributed by atoms with E-state index in [-0.39, 0.29) is 5.91 Å². The van der Waals surface area contributed by atoms with Gasteiger partial charge in [0.05, 0.1) is 7.11 Å². The molecule has 1 aliphatic carbocycles. The molecule has 0 heterocycles. The van der Waals surface area contributed by atoms with Crippen molar-refractivity contribution in [2.45, 2.75) is 38.5 Å². The van der Waals surface area contributed by atoms with Gasteiger partial charge in [0, 0.05) is 24.7 Å². The second-order valence-corrected chi connectivity index (χ2v) is 5.64. The van der Waals surface area contributed by atoms with Crippen molar-refractivity contribution in [3.63, 3.8) is 0 Å². The first-order valence-corrected chi connectivity index (χ1v) is 8.10. The Kier molecular flexibility index (Phi) is 6.97. The molecule has 2 rings (SSSR count). The summed E-state index contributed by atoms with van der Waals surface area (Å²) in [6.07, 6.45) is 9.11. The zero-order valence-corrected chi connectivity index (χ0v) is 13.4. The number of rotatable bonds is 8. The van der Waals surface area contributed by atoms with Crippen molar-refractivity contribution < 1.29 is 9.53 Å². The van der Waals surface area contributed by atoms with Gasteiger partial charge in [-0.1, -0.05) is 17.7 Å². The molecule has 4 nitrogen and oxygen atoms in total. The highest BCUT2D eigenvalue weighted by atomic mass is 16.5. The van der Waals surface area contributed by atoms with Gasteiger partial charge in [0.15, 0.2) is 0 Å². The van der Waals surface area contributed by atoms with Gasteiger partial charge in [0.2, 0.25) is 5.91 Å². The smallest absolute Gasteiger partial charge is 0.225 e. The molecule has 0 saturated heterocycles. The Labute approximate surface area is 132 Å². The molecule has 120 valence electrons. The third kappa shape index (κ3) is 5.90. The van der Waals surface area contributed by atoms with E-state index in [2.05, 4.69) is 16.7 Å². The number of hydrogen-bond donors (Lipinski definition) is 2. The molecule has 0 fully saturated rings. The molecule has 2 N–H and O–H groups in total. The van der Waals surface area contributed by atoms with Crippen molar-refractivity contribution in [1.82, 2.24) is 5.32 Å². The molecule has 1 aromatic carbocycles. The second-order valence-electron chi connectivity index (χ2n) is 5.64. The van der Waals surface area contributed by atoms with Crippen LogP contribution >= 0.6 is 0 Å². The van der Waals surface area contributed by atoms with E-state index in [9.17, 15) is 4.79 Å². The van der Waals surface area contributed by atoms with Gasteiger partial charge in [-0.2, -0.15) is 0 Å². The molecule has 4 heteroatoms. The lowest BCUT2D eigenvalue weighted by molar-refractivity contribution is -0.116. The van der Waals surface area contributed by atoms with Crippen LogP contribution in [-0.2, 0) is 4.79 Å². The molecule has 0 atom stereocenters. The number of methoxy groups -OCH3 is 1. The average Bonchev–Trinajstić information content (AvgIpc) is 2.55. The van der Waals surface area contributed by atoms with Crippen molar-refractivity contribution >= 4 is 11.6 Å². The van der Waals surface area contributed by atoms with E-state index in [1.165, 1.54) is 25.7 Å². The quantitative estimate of drug-likeness (QED) is 0.571. The molecule has 0 radical (unpaired) electrons. The maximum atomic E-state index is 11.9. The maximum absolute atomic E-state index is 11.9. The van der Waals surface area contributed by atoms with Gasteiger partial charge >= 0.3 is 0 Å². The average molecular weight is 302 g/mol. The van der Waals surface area contributed by atoms with Crippen molar-refractivity contribution in [3.8, 4) is 5.75 Å². The Hall–Kier alpha value is -1.81. The minimum atomic E-state index is 0.0256. The SMILES string of the molecule is COc1cccc(NC(=O)CCNCCC2=CCCCC2)c1. The third-order valence-corrected chi connectivity index (χ3v) is 3.89. The number of amides is 1. The van der Waals surface area contributed by atoms with Gasteiger partial charge in [-0.05, 0) is 50.8 Å². The van der Waals surface area contributed by atoms with E-state index < -0.39 is 0 Å². The second kappa shape index (κ2) is 9.26. The fourth-order valence-corrected chi connectivity index (χ4v) is 2.63. The van der Waals surface area contributed by atoms with Crippen LogP contribution in [0.4, 0.5) is 5.69 Å². The van der Waals surface area contributed by atoms with Crippen molar-refractivity contribution in [2.24, 2.45) is 0 Å². The summed E-state index contributed by atoms with van der Waals surface area (Å²) in [5.41, 5.74) is 2.34. The van der Waals surface area contributed by atoms with Gasteiger partial charge in [0.1, 0.15) is 5.75 Å². The van der Waals surface area contributed by atoms with Crippen molar-refractivity contribution in [1.29, 1.82) is 0 Å². The van der Waals surface area contributed by atoms with Gasteiger partial charge < -0.3 is 15.4 Å². The predicted molar refractivity (Wildman–Crippen MR) is 90.3 cm³/mol. The molecule has 0 bridgehead atoms. The van der Waals surface area contributed by atoms with Crippen LogP contribution in [-0.4, -0.2) is 26.1 Å². The molecule has 1 aliphatic rings. The van der Waals surface area contributed by atoms with Crippen LogP contribution in [0.15, 0.2) is 35.9 Å². The monoisotopic (exact) mass is 302 g/mol. The zero-order chi connectivity index (χ0) is 15.6. The van der Waals surface area contributed by atoms with Crippen LogP contribution in [0.3, 0.4) is 0 Å². The summed E-state index contributed by atoms with van der Waals surface area (Å²) in [6, 6.07) is 7.41. The van der Waals surface area contributed by atoms with E-state index >= 15 is 0 Å². The topological polar surface area (TPSA) is 50.4 Å². The lowest BCUT2D eigenvalue weighted by Crippen LogP contribution is -2.23. The summed E-state index contributed by atoms with van der Waals surface area (Å²) >= 11 is 0. The molecular weight excluding hydrogens is 276 g/mol. The van der Waals surface area contributed by atoms with Crippen LogP contribution < -0.4 is 15.4 Å². The maximum Gasteiger partial charge on any atom is 0.225 e. The third-order valence-electron chi connectivity index (χ3n) is 3.89. The number of carbonyl (C=O) groups is 1. The van der Waals surface area contributed by atoms with E-state index in [0.717, 1.165) is 24.4 Å². The fourth-order valence-electron chi connectivity index (χ4n) is 2.63. The summed E-state index contributed by atoms with van der Waals surface area (Å²) < 4.78 is 5.14. The molecule has 0 spiro atoms. The molecule has 0 saturated carbocycles. The Balaban J connectivity index is 1.60. The van der Waals surface area contributed by atoms with E-state index in [1.807, 2.05) is 24.3 Å². The molecule has 1 aromatic rings. The first-order chi connectivity index (χ1) is 10.8. The van der Waals surface area contributed by atoms with Gasteiger partial charge in [0.25, 0.3) is 0 Å². The summed E-state index contributed by atoms with van der Waals surface area (Å²) in [6.45, 7) is 1.67. The molecular formula is C18H26N2O2. The van der Waals surface area contributed by atoms with Crippen LogP contribution in [0.25, 0.3) is 0 Å². The Morgan fingerprint density at radius 3 is 2.95 bits per heavy atom. The molecule has 0 aliphatic heterocycles. The minimum absolute atomic E-state index is 0.0256. The zero-order valence-electron chi connectivity index (χ0n) is 13.4. The summed E-state index contributed by atoms with van der Waals surface area (Å²) in [5, 5.41) is 6.23. The summed E-state index contributed by atoms with van der Waals surface area (Å²) in [4.78, 5) is 11.9. The Morgan fingerprint density at radius 1 is 1.27 bits per heavy atom. The number of hydrogen-bond acceptors (Lipinski definition) is 3. The fraction of sp³-hybridized carbons (Fsp3) is 0.500. The number of benzene rings is 1. The van der Waals surface area contributed by atoms with E-state index in [4.69, 9.17) is 4.74 Å². The van der Waals surface area contributed by atoms with Crippen LogP contribution in [0.5, 0.6) is 5.75 Å². The number of allylic oxidation sites excluding steroid dienone is 1. The van der Waals surface area contributed by atoms with Crippen LogP contribution in [0.2, 0.25) is 0 Å². The molecule has 0 aromatic heterocycles. The van der Waals surface area contributed by atoms with E-state index in [0.29, 0.717) is 13.0 Å². The van der Waals surface area contributed by atoms with Crippen LogP contribution in [0.1, 0.15) is 38.5 Å². The van der Waals surface area contributed by atoms with E-state index in [1.54, 1.807) is 12.7 Å². The molecule has 22 heavy (non-hydrogen) atoms. The first-order valence-electron chi connectivity index (χ1n) is 8.10. The lowest BCUT2D eigenvalue weighted by atomic mass is 9.97. The standard InChI is InChI=1S/C18H26N2O2/c1-22-17-9-5-8-16(14-17)20-18(21)11-13-19-12-10-15-6-3-2-4-7-15/h5-6,8-9,14,19H,2-4,7,10-13H2,1H3,(H,20,21). The largest absolute Gasteiger partial charge is 0.497 e. The number of ether oxygens (including phenoxy) is 1. The number of nitrogens with one attached hydrogen (secondary N) is 2. The van der Waals surface area contributed by atoms with Gasteiger partial charge in [-0.15, -0.1) is 0 Å². The minimum Gasteiger partial charge on any atom is -0.497 e. The molecule has 0 unspecified atom stereocenters. The summed E-state index contributed by atoms with van der Waals surface area (Å²) in [5.74, 6) is 0.773. The highest BCUT2D eigenvalue weighted by molar-refractivity contribution is 5.90. The Morgan fingerprint density at radius 2 is 2.18 bits per heavy atom. The number of carbonyl (C=O) groups excluding carboxylic acids is 1. The van der Waals surface area contributed by atoms with Gasteiger partial charge in [-0.3, -0.25) is 4.79 Å². The number of anilines is 1. The predicted octanol–water partition coefficient (Wildman–Crippen LogP) is 3.50. The van der Waals surface area contributed by atoms with Gasteiger partial charge in [-0.25, -0.2) is 0 Å². The Bertz CT molecular complexity index is 512.